The zero-order chi connectivity index (χ0) is 13.7. The van der Waals surface area contributed by atoms with Gasteiger partial charge in [-0.3, -0.25) is 4.79 Å². The molecule has 2 heterocycles. The predicted octanol–water partition coefficient (Wildman–Crippen LogP) is 1.19. The molecule has 2 saturated heterocycles. The number of hydrogen-bond acceptors (Lipinski definition) is 4. The van der Waals surface area contributed by atoms with Gasteiger partial charge in [-0.1, -0.05) is 0 Å². The summed E-state index contributed by atoms with van der Waals surface area (Å²) in [4.78, 5) is 14.2. The number of amides is 1. The van der Waals surface area contributed by atoms with E-state index in [1.54, 1.807) is 11.9 Å². The SMILES string of the molecule is CN(CC1CCCOC1)C(=O)C1(C#N)CCOCC1. The topological polar surface area (TPSA) is 62.6 Å². The largest absolute Gasteiger partial charge is 0.381 e. The average molecular weight is 266 g/mol. The molecule has 2 rings (SSSR count). The summed E-state index contributed by atoms with van der Waals surface area (Å²) in [5, 5.41) is 9.39. The van der Waals surface area contributed by atoms with Crippen molar-refractivity contribution in [3.8, 4) is 6.07 Å². The molecule has 5 nitrogen and oxygen atoms in total. The van der Waals surface area contributed by atoms with Crippen LogP contribution < -0.4 is 0 Å². The molecule has 0 aromatic rings. The summed E-state index contributed by atoms with van der Waals surface area (Å²) in [6.45, 7) is 3.23. The van der Waals surface area contributed by atoms with Crippen LogP contribution in [-0.2, 0) is 14.3 Å². The van der Waals surface area contributed by atoms with Crippen molar-refractivity contribution in [2.75, 3.05) is 40.0 Å². The fourth-order valence-electron chi connectivity index (χ4n) is 2.88. The van der Waals surface area contributed by atoms with Crippen molar-refractivity contribution < 1.29 is 14.3 Å². The molecule has 19 heavy (non-hydrogen) atoms. The Morgan fingerprint density at radius 3 is 2.68 bits per heavy atom. The summed E-state index contributed by atoms with van der Waals surface area (Å²) in [6, 6.07) is 2.23. The Bertz CT molecular complexity index is 352. The fourth-order valence-corrected chi connectivity index (χ4v) is 2.88. The van der Waals surface area contributed by atoms with Crippen molar-refractivity contribution in [2.45, 2.75) is 25.7 Å². The van der Waals surface area contributed by atoms with E-state index in [0.717, 1.165) is 26.1 Å². The van der Waals surface area contributed by atoms with Gasteiger partial charge in [0, 0.05) is 33.4 Å². The Hall–Kier alpha value is -1.12. The Kier molecular flexibility index (Phi) is 4.78. The highest BCUT2D eigenvalue weighted by Crippen LogP contribution is 2.32. The summed E-state index contributed by atoms with van der Waals surface area (Å²) in [6.07, 6.45) is 3.17. The van der Waals surface area contributed by atoms with Crippen LogP contribution in [0.25, 0.3) is 0 Å². The van der Waals surface area contributed by atoms with Crippen molar-refractivity contribution in [3.05, 3.63) is 0 Å². The molecule has 0 aromatic carbocycles. The highest BCUT2D eigenvalue weighted by molar-refractivity contribution is 5.85. The summed E-state index contributed by atoms with van der Waals surface area (Å²) in [5.74, 6) is 0.349. The molecular weight excluding hydrogens is 244 g/mol. The molecule has 5 heteroatoms. The van der Waals surface area contributed by atoms with Gasteiger partial charge in [0.15, 0.2) is 0 Å². The van der Waals surface area contributed by atoms with Crippen LogP contribution in [0.15, 0.2) is 0 Å². The van der Waals surface area contributed by atoms with E-state index in [-0.39, 0.29) is 5.91 Å². The lowest BCUT2D eigenvalue weighted by atomic mass is 9.80. The molecule has 2 aliphatic heterocycles. The van der Waals surface area contributed by atoms with Crippen molar-refractivity contribution in [1.82, 2.24) is 4.90 Å². The third-order valence-corrected chi connectivity index (χ3v) is 4.10. The van der Waals surface area contributed by atoms with Gasteiger partial charge in [-0.15, -0.1) is 0 Å². The van der Waals surface area contributed by atoms with Crippen LogP contribution in [0, 0.1) is 22.7 Å². The summed E-state index contributed by atoms with van der Waals surface area (Å²) >= 11 is 0. The minimum Gasteiger partial charge on any atom is -0.381 e. The van der Waals surface area contributed by atoms with Gasteiger partial charge in [0.05, 0.1) is 12.7 Å². The molecule has 106 valence electrons. The van der Waals surface area contributed by atoms with Crippen molar-refractivity contribution in [2.24, 2.45) is 11.3 Å². The standard InChI is InChI=1S/C14H22N2O3/c1-16(9-12-3-2-6-19-10-12)13(17)14(11-15)4-7-18-8-5-14/h12H,2-10H2,1H3. The Morgan fingerprint density at radius 1 is 1.37 bits per heavy atom. The lowest BCUT2D eigenvalue weighted by molar-refractivity contribution is -0.143. The normalized spacial score (nSPS) is 26.4. The predicted molar refractivity (Wildman–Crippen MR) is 69.3 cm³/mol. The minimum atomic E-state index is -0.872. The average Bonchev–Trinajstić information content (AvgIpc) is 2.48. The van der Waals surface area contributed by atoms with Gasteiger partial charge in [0.25, 0.3) is 0 Å². The molecule has 0 aromatic heterocycles. The van der Waals surface area contributed by atoms with Crippen LogP contribution in [0.5, 0.6) is 0 Å². The van der Waals surface area contributed by atoms with Crippen LogP contribution in [0.4, 0.5) is 0 Å². The van der Waals surface area contributed by atoms with E-state index in [2.05, 4.69) is 6.07 Å². The van der Waals surface area contributed by atoms with Crippen LogP contribution in [0.3, 0.4) is 0 Å². The van der Waals surface area contributed by atoms with Gasteiger partial charge in [-0.05, 0) is 31.6 Å². The maximum atomic E-state index is 12.5. The lowest BCUT2D eigenvalue weighted by Gasteiger charge is -2.35. The number of carbonyl (C=O) groups excluding carboxylic acids is 1. The Balaban J connectivity index is 1.95. The van der Waals surface area contributed by atoms with Gasteiger partial charge in [-0.25, -0.2) is 0 Å². The first-order valence-electron chi connectivity index (χ1n) is 7.00. The highest BCUT2D eigenvalue weighted by Gasteiger charge is 2.42. The van der Waals surface area contributed by atoms with Crippen molar-refractivity contribution in [3.63, 3.8) is 0 Å². The van der Waals surface area contributed by atoms with E-state index in [1.807, 2.05) is 0 Å². The van der Waals surface area contributed by atoms with Crippen LogP contribution in [0.1, 0.15) is 25.7 Å². The molecule has 1 amide bonds. The van der Waals surface area contributed by atoms with Gasteiger partial charge < -0.3 is 14.4 Å². The first-order chi connectivity index (χ1) is 9.18. The third kappa shape index (κ3) is 3.26. The van der Waals surface area contributed by atoms with Crippen LogP contribution in [0.2, 0.25) is 0 Å². The summed E-state index contributed by atoms with van der Waals surface area (Å²) < 4.78 is 10.7. The summed E-state index contributed by atoms with van der Waals surface area (Å²) in [5.41, 5.74) is -0.872. The van der Waals surface area contributed by atoms with Gasteiger partial charge in [0.1, 0.15) is 5.41 Å². The van der Waals surface area contributed by atoms with E-state index >= 15 is 0 Å². The molecular formula is C14H22N2O3. The van der Waals surface area contributed by atoms with E-state index in [1.165, 1.54) is 0 Å². The number of rotatable bonds is 3. The number of hydrogen-bond donors (Lipinski definition) is 0. The maximum absolute atomic E-state index is 12.5. The second-order valence-electron chi connectivity index (χ2n) is 5.58. The Morgan fingerprint density at radius 2 is 2.11 bits per heavy atom. The van der Waals surface area contributed by atoms with Crippen LogP contribution >= 0.6 is 0 Å². The molecule has 0 saturated carbocycles. The molecule has 0 radical (unpaired) electrons. The van der Waals surface area contributed by atoms with Crippen LogP contribution in [-0.4, -0.2) is 50.8 Å². The highest BCUT2D eigenvalue weighted by atomic mass is 16.5. The smallest absolute Gasteiger partial charge is 0.242 e. The molecule has 2 fully saturated rings. The molecule has 1 atom stereocenters. The van der Waals surface area contributed by atoms with E-state index in [0.29, 0.717) is 38.5 Å². The van der Waals surface area contributed by atoms with E-state index in [4.69, 9.17) is 9.47 Å². The third-order valence-electron chi connectivity index (χ3n) is 4.10. The monoisotopic (exact) mass is 266 g/mol. The Labute approximate surface area is 114 Å². The second kappa shape index (κ2) is 6.36. The number of ether oxygens (including phenoxy) is 2. The maximum Gasteiger partial charge on any atom is 0.242 e. The van der Waals surface area contributed by atoms with E-state index in [9.17, 15) is 10.1 Å². The number of nitrogens with zero attached hydrogens (tertiary/aromatic N) is 2. The molecule has 0 spiro atoms. The number of carbonyl (C=O) groups is 1. The van der Waals surface area contributed by atoms with Gasteiger partial charge >= 0.3 is 0 Å². The molecule has 0 aliphatic carbocycles. The van der Waals surface area contributed by atoms with Gasteiger partial charge in [0.2, 0.25) is 5.91 Å². The van der Waals surface area contributed by atoms with E-state index < -0.39 is 5.41 Å². The summed E-state index contributed by atoms with van der Waals surface area (Å²) in [7, 11) is 1.80. The molecule has 2 aliphatic rings. The molecule has 0 bridgehead atoms. The minimum absolute atomic E-state index is 0.0520. The fraction of sp³-hybridized carbons (Fsp3) is 0.857. The zero-order valence-corrected chi connectivity index (χ0v) is 11.6. The molecule has 1 unspecified atom stereocenters. The lowest BCUT2D eigenvalue weighted by Crippen LogP contribution is -2.46. The van der Waals surface area contributed by atoms with Gasteiger partial charge in [-0.2, -0.15) is 5.26 Å². The zero-order valence-electron chi connectivity index (χ0n) is 11.6. The van der Waals surface area contributed by atoms with Crippen molar-refractivity contribution >= 4 is 5.91 Å². The quantitative estimate of drug-likeness (QED) is 0.770. The first kappa shape index (κ1) is 14.3. The second-order valence-corrected chi connectivity index (χ2v) is 5.58. The number of nitriles is 1. The first-order valence-corrected chi connectivity index (χ1v) is 7.00. The molecule has 0 N–H and O–H groups in total. The van der Waals surface area contributed by atoms with Crippen molar-refractivity contribution in [1.29, 1.82) is 5.26 Å².